The SMILES string of the molecule is CCOc1cccc2c1Oc1nc(-c3ccc(Br)cc3)[nH]c(=O)c1C2. The monoisotopic (exact) mass is 398 g/mol. The number of nitrogens with zero attached hydrogens (tertiary/aromatic N) is 1. The van der Waals surface area contributed by atoms with Crippen molar-refractivity contribution < 1.29 is 9.47 Å². The first kappa shape index (κ1) is 15.9. The fourth-order valence-corrected chi connectivity index (χ4v) is 3.10. The van der Waals surface area contributed by atoms with Crippen molar-refractivity contribution in [3.05, 3.63) is 68.4 Å². The minimum Gasteiger partial charge on any atom is -0.490 e. The second-order valence-electron chi connectivity index (χ2n) is 5.66. The zero-order valence-corrected chi connectivity index (χ0v) is 15.1. The number of H-pyrrole nitrogens is 1. The number of halogens is 1. The summed E-state index contributed by atoms with van der Waals surface area (Å²) in [7, 11) is 0. The highest BCUT2D eigenvalue weighted by Crippen LogP contribution is 2.40. The van der Waals surface area contributed by atoms with E-state index in [1.807, 2.05) is 49.4 Å². The highest BCUT2D eigenvalue weighted by molar-refractivity contribution is 9.10. The molecule has 1 N–H and O–H groups in total. The molecule has 0 spiro atoms. The molecule has 25 heavy (non-hydrogen) atoms. The van der Waals surface area contributed by atoms with E-state index in [2.05, 4.69) is 25.9 Å². The largest absolute Gasteiger partial charge is 0.490 e. The van der Waals surface area contributed by atoms with Gasteiger partial charge in [-0.2, -0.15) is 4.98 Å². The Morgan fingerprint density at radius 1 is 1.24 bits per heavy atom. The molecule has 1 aromatic heterocycles. The van der Waals surface area contributed by atoms with Crippen LogP contribution in [0, 0.1) is 0 Å². The number of hydrogen-bond donors (Lipinski definition) is 1. The van der Waals surface area contributed by atoms with Gasteiger partial charge in [-0.25, -0.2) is 0 Å². The maximum absolute atomic E-state index is 12.5. The van der Waals surface area contributed by atoms with Crippen LogP contribution in [0.25, 0.3) is 11.4 Å². The third-order valence-electron chi connectivity index (χ3n) is 4.02. The van der Waals surface area contributed by atoms with Crippen LogP contribution >= 0.6 is 15.9 Å². The number of para-hydroxylation sites is 1. The van der Waals surface area contributed by atoms with Crippen LogP contribution in [0.4, 0.5) is 0 Å². The van der Waals surface area contributed by atoms with Crippen LogP contribution in [0.5, 0.6) is 17.4 Å². The number of fused-ring (bicyclic) bond motifs is 2. The van der Waals surface area contributed by atoms with E-state index in [0.29, 0.717) is 41.8 Å². The van der Waals surface area contributed by atoms with Crippen molar-refractivity contribution in [1.29, 1.82) is 0 Å². The van der Waals surface area contributed by atoms with Crippen molar-refractivity contribution in [1.82, 2.24) is 9.97 Å². The third-order valence-corrected chi connectivity index (χ3v) is 4.55. The summed E-state index contributed by atoms with van der Waals surface area (Å²) in [6.07, 6.45) is 0.467. The molecule has 6 heteroatoms. The molecule has 0 bridgehead atoms. The van der Waals surface area contributed by atoms with Crippen LogP contribution in [0.2, 0.25) is 0 Å². The Morgan fingerprint density at radius 2 is 2.04 bits per heavy atom. The van der Waals surface area contributed by atoms with Crippen molar-refractivity contribution in [2.45, 2.75) is 13.3 Å². The summed E-state index contributed by atoms with van der Waals surface area (Å²) < 4.78 is 12.6. The van der Waals surface area contributed by atoms with Crippen molar-refractivity contribution in [2.75, 3.05) is 6.61 Å². The minimum absolute atomic E-state index is 0.185. The lowest BCUT2D eigenvalue weighted by atomic mass is 10.0. The molecule has 0 radical (unpaired) electrons. The van der Waals surface area contributed by atoms with Gasteiger partial charge in [-0.05, 0) is 25.1 Å². The van der Waals surface area contributed by atoms with E-state index in [1.165, 1.54) is 0 Å². The molecule has 3 aromatic rings. The van der Waals surface area contributed by atoms with Gasteiger partial charge in [-0.1, -0.05) is 40.2 Å². The number of aromatic nitrogens is 2. The number of rotatable bonds is 3. The first-order valence-electron chi connectivity index (χ1n) is 7.97. The average Bonchev–Trinajstić information content (AvgIpc) is 2.62. The second kappa shape index (κ2) is 6.37. The van der Waals surface area contributed by atoms with Crippen molar-refractivity contribution in [3.8, 4) is 28.8 Å². The molecular formula is C19H15BrN2O3. The number of aromatic amines is 1. The predicted molar refractivity (Wildman–Crippen MR) is 98.5 cm³/mol. The van der Waals surface area contributed by atoms with Gasteiger partial charge in [-0.3, -0.25) is 4.79 Å². The van der Waals surface area contributed by atoms with E-state index in [-0.39, 0.29) is 5.56 Å². The van der Waals surface area contributed by atoms with E-state index in [0.717, 1.165) is 15.6 Å². The number of benzene rings is 2. The van der Waals surface area contributed by atoms with Gasteiger partial charge in [-0.15, -0.1) is 0 Å². The van der Waals surface area contributed by atoms with Crippen LogP contribution < -0.4 is 15.0 Å². The highest BCUT2D eigenvalue weighted by atomic mass is 79.9. The van der Waals surface area contributed by atoms with E-state index < -0.39 is 0 Å². The predicted octanol–water partition coefficient (Wildman–Crippen LogP) is 4.29. The lowest BCUT2D eigenvalue weighted by molar-refractivity contribution is 0.315. The van der Waals surface area contributed by atoms with E-state index >= 15 is 0 Å². The molecule has 5 nitrogen and oxygen atoms in total. The summed E-state index contributed by atoms with van der Waals surface area (Å²) in [5.74, 6) is 2.12. The summed E-state index contributed by atoms with van der Waals surface area (Å²) in [6.45, 7) is 2.46. The third kappa shape index (κ3) is 2.93. The Kier molecular flexibility index (Phi) is 4.05. The van der Waals surface area contributed by atoms with Crippen molar-refractivity contribution in [2.24, 2.45) is 0 Å². The van der Waals surface area contributed by atoms with Gasteiger partial charge in [0.2, 0.25) is 5.88 Å². The molecular weight excluding hydrogens is 384 g/mol. The molecule has 1 aliphatic heterocycles. The molecule has 0 unspecified atom stereocenters. The average molecular weight is 399 g/mol. The first-order valence-corrected chi connectivity index (χ1v) is 8.76. The summed E-state index contributed by atoms with van der Waals surface area (Å²) in [5, 5.41) is 0. The Morgan fingerprint density at radius 3 is 2.80 bits per heavy atom. The van der Waals surface area contributed by atoms with Gasteiger partial charge in [0.25, 0.3) is 5.56 Å². The molecule has 2 heterocycles. The molecule has 0 fully saturated rings. The first-order chi connectivity index (χ1) is 12.2. The topological polar surface area (TPSA) is 64.2 Å². The molecule has 0 aliphatic carbocycles. The van der Waals surface area contributed by atoms with Crippen molar-refractivity contribution >= 4 is 15.9 Å². The minimum atomic E-state index is -0.185. The Balaban J connectivity index is 1.79. The maximum atomic E-state index is 12.5. The lowest BCUT2D eigenvalue weighted by Crippen LogP contribution is -2.20. The molecule has 1 aliphatic rings. The molecule has 126 valence electrons. The van der Waals surface area contributed by atoms with Crippen LogP contribution in [0.15, 0.2) is 51.7 Å². The van der Waals surface area contributed by atoms with Crippen LogP contribution in [0.1, 0.15) is 18.1 Å². The number of nitrogens with one attached hydrogen (secondary N) is 1. The van der Waals surface area contributed by atoms with E-state index in [9.17, 15) is 4.79 Å². The van der Waals surface area contributed by atoms with Crippen LogP contribution in [-0.2, 0) is 6.42 Å². The number of ether oxygens (including phenoxy) is 2. The maximum Gasteiger partial charge on any atom is 0.258 e. The summed E-state index contributed by atoms with van der Waals surface area (Å²) >= 11 is 3.40. The van der Waals surface area contributed by atoms with Gasteiger partial charge in [0.1, 0.15) is 5.82 Å². The quantitative estimate of drug-likeness (QED) is 0.558. The standard InChI is InChI=1S/C19H15BrN2O3/c1-2-24-15-5-3-4-12-10-14-18(23)21-17(22-19(14)25-16(12)15)11-6-8-13(20)9-7-11/h3-9H,2,10H2,1H3,(H,21,22,23). The molecule has 0 saturated heterocycles. The number of hydrogen-bond acceptors (Lipinski definition) is 4. The summed E-state index contributed by atoms with van der Waals surface area (Å²) in [4.78, 5) is 19.9. The smallest absolute Gasteiger partial charge is 0.258 e. The normalized spacial score (nSPS) is 12.1. The van der Waals surface area contributed by atoms with Crippen LogP contribution in [-0.4, -0.2) is 16.6 Å². The molecule has 0 atom stereocenters. The molecule has 2 aromatic carbocycles. The van der Waals surface area contributed by atoms with Gasteiger partial charge >= 0.3 is 0 Å². The molecule has 0 saturated carbocycles. The van der Waals surface area contributed by atoms with Gasteiger partial charge in [0, 0.05) is 22.0 Å². The second-order valence-corrected chi connectivity index (χ2v) is 6.58. The van der Waals surface area contributed by atoms with Gasteiger partial charge < -0.3 is 14.5 Å². The molecule has 4 rings (SSSR count). The fraction of sp³-hybridized carbons (Fsp3) is 0.158. The highest BCUT2D eigenvalue weighted by Gasteiger charge is 2.25. The Hall–Kier alpha value is -2.60. The fourth-order valence-electron chi connectivity index (χ4n) is 2.83. The Bertz CT molecular complexity index is 997. The van der Waals surface area contributed by atoms with Crippen molar-refractivity contribution in [3.63, 3.8) is 0 Å². The zero-order chi connectivity index (χ0) is 17.4. The Labute approximate surface area is 152 Å². The van der Waals surface area contributed by atoms with E-state index in [4.69, 9.17) is 9.47 Å². The van der Waals surface area contributed by atoms with Gasteiger partial charge in [0.05, 0.1) is 12.2 Å². The van der Waals surface area contributed by atoms with Crippen LogP contribution in [0.3, 0.4) is 0 Å². The van der Waals surface area contributed by atoms with Gasteiger partial charge in [0.15, 0.2) is 11.5 Å². The summed E-state index contributed by atoms with van der Waals surface area (Å²) in [6, 6.07) is 13.3. The zero-order valence-electron chi connectivity index (χ0n) is 13.5. The van der Waals surface area contributed by atoms with E-state index in [1.54, 1.807) is 0 Å². The summed E-state index contributed by atoms with van der Waals surface area (Å²) in [5.41, 5.74) is 2.08. The molecule has 0 amide bonds. The lowest BCUT2D eigenvalue weighted by Gasteiger charge is -2.21.